The van der Waals surface area contributed by atoms with Gasteiger partial charge in [0, 0.05) is 18.2 Å². The minimum Gasteiger partial charge on any atom is -0.481 e. The van der Waals surface area contributed by atoms with Gasteiger partial charge in [0.05, 0.1) is 12.5 Å². The van der Waals surface area contributed by atoms with Crippen molar-refractivity contribution in [2.75, 3.05) is 0 Å². The van der Waals surface area contributed by atoms with Crippen LogP contribution in [-0.4, -0.2) is 27.5 Å². The zero-order valence-corrected chi connectivity index (χ0v) is 10.9. The van der Waals surface area contributed by atoms with Crippen molar-refractivity contribution in [1.29, 1.82) is 5.26 Å². The van der Waals surface area contributed by atoms with Gasteiger partial charge in [-0.2, -0.15) is 5.26 Å². The van der Waals surface area contributed by atoms with Crippen molar-refractivity contribution < 1.29 is 19.8 Å². The molecule has 0 aromatic rings. The van der Waals surface area contributed by atoms with E-state index in [1.807, 2.05) is 6.07 Å². The summed E-state index contributed by atoms with van der Waals surface area (Å²) >= 11 is 5.90. The summed E-state index contributed by atoms with van der Waals surface area (Å²) in [6, 6.07) is 1.97. The molecule has 102 valence electrons. The summed E-state index contributed by atoms with van der Waals surface area (Å²) in [5, 5.41) is 25.5. The maximum Gasteiger partial charge on any atom is 0.303 e. The predicted molar refractivity (Wildman–Crippen MR) is 66.3 cm³/mol. The third-order valence-corrected chi connectivity index (χ3v) is 3.11. The molecule has 1 atom stereocenters. The van der Waals surface area contributed by atoms with Gasteiger partial charge in [-0.1, -0.05) is 0 Å². The number of nitriles is 1. The highest BCUT2D eigenvalue weighted by Crippen LogP contribution is 2.23. The van der Waals surface area contributed by atoms with Crippen LogP contribution >= 0.6 is 11.6 Å². The van der Waals surface area contributed by atoms with Crippen molar-refractivity contribution >= 4 is 23.5 Å². The number of halogens is 1. The lowest BCUT2D eigenvalue weighted by atomic mass is 9.91. The van der Waals surface area contributed by atoms with Gasteiger partial charge in [-0.3, -0.25) is 9.59 Å². The van der Waals surface area contributed by atoms with Crippen molar-refractivity contribution in [3.63, 3.8) is 0 Å². The average molecular weight is 276 g/mol. The number of carboxylic acid groups (broad SMARTS) is 2. The largest absolute Gasteiger partial charge is 0.481 e. The third kappa shape index (κ3) is 9.91. The van der Waals surface area contributed by atoms with Gasteiger partial charge < -0.3 is 10.2 Å². The van der Waals surface area contributed by atoms with Crippen LogP contribution in [0.25, 0.3) is 0 Å². The van der Waals surface area contributed by atoms with Gasteiger partial charge in [-0.25, -0.2) is 0 Å². The molecule has 1 unspecified atom stereocenters. The van der Waals surface area contributed by atoms with Crippen LogP contribution in [0.4, 0.5) is 0 Å². The van der Waals surface area contributed by atoms with Gasteiger partial charge in [0.1, 0.15) is 0 Å². The molecule has 0 aliphatic rings. The summed E-state index contributed by atoms with van der Waals surface area (Å²) < 4.78 is 0. The van der Waals surface area contributed by atoms with E-state index < -0.39 is 11.9 Å². The molecule has 5 nitrogen and oxygen atoms in total. The lowest BCUT2D eigenvalue weighted by molar-refractivity contribution is -0.137. The molecule has 6 heteroatoms. The first kappa shape index (κ1) is 16.7. The van der Waals surface area contributed by atoms with Gasteiger partial charge in [0.15, 0.2) is 0 Å². The number of hydrogen-bond donors (Lipinski definition) is 2. The van der Waals surface area contributed by atoms with Crippen molar-refractivity contribution in [1.82, 2.24) is 0 Å². The van der Waals surface area contributed by atoms with Gasteiger partial charge >= 0.3 is 11.9 Å². The number of carboxylic acids is 2. The highest BCUT2D eigenvalue weighted by molar-refractivity contribution is 6.20. The normalized spacial score (nSPS) is 12.1. The summed E-state index contributed by atoms with van der Waals surface area (Å²) in [4.78, 5) is 21.0. The van der Waals surface area contributed by atoms with Crippen molar-refractivity contribution in [2.45, 2.75) is 50.3 Å². The van der Waals surface area contributed by atoms with E-state index in [9.17, 15) is 9.59 Å². The highest BCUT2D eigenvalue weighted by atomic mass is 35.5. The summed E-state index contributed by atoms with van der Waals surface area (Å²) in [6.07, 6.45) is 2.52. The molecule has 0 saturated heterocycles. The maximum absolute atomic E-state index is 10.5. The van der Waals surface area contributed by atoms with Crippen LogP contribution in [0.1, 0.15) is 44.9 Å². The number of carbonyl (C=O) groups is 2. The Morgan fingerprint density at radius 3 is 1.94 bits per heavy atom. The molecule has 0 aliphatic heterocycles. The van der Waals surface area contributed by atoms with Gasteiger partial charge in [-0.15, -0.1) is 11.6 Å². The Morgan fingerprint density at radius 1 is 1.06 bits per heavy atom. The fourth-order valence-corrected chi connectivity index (χ4v) is 1.90. The molecule has 0 rings (SSSR count). The minimum atomic E-state index is -0.880. The van der Waals surface area contributed by atoms with Crippen LogP contribution in [0.3, 0.4) is 0 Å². The van der Waals surface area contributed by atoms with Gasteiger partial charge in [0.2, 0.25) is 0 Å². The third-order valence-electron chi connectivity index (χ3n) is 2.73. The van der Waals surface area contributed by atoms with Crippen molar-refractivity contribution in [3.05, 3.63) is 0 Å². The Morgan fingerprint density at radius 2 is 1.56 bits per heavy atom. The van der Waals surface area contributed by atoms with Crippen molar-refractivity contribution in [3.8, 4) is 6.07 Å². The fourth-order valence-electron chi connectivity index (χ4n) is 1.71. The smallest absolute Gasteiger partial charge is 0.303 e. The van der Waals surface area contributed by atoms with E-state index in [-0.39, 0.29) is 30.6 Å². The summed E-state index contributed by atoms with van der Waals surface area (Å²) in [7, 11) is 0. The Bertz CT molecular complexity index is 296. The Kier molecular flexibility index (Phi) is 9.03. The molecule has 0 bridgehead atoms. The number of nitrogens with zero attached hydrogens (tertiary/aromatic N) is 1. The first-order valence-electron chi connectivity index (χ1n) is 5.90. The number of rotatable bonds is 10. The van der Waals surface area contributed by atoms with Crippen LogP contribution in [0.15, 0.2) is 0 Å². The second kappa shape index (κ2) is 9.72. The molecule has 0 aliphatic carbocycles. The SMILES string of the molecule is N#CCC(Cl)CCC(CCC(=O)O)CCC(=O)O. The first-order chi connectivity index (χ1) is 8.45. The quantitative estimate of drug-likeness (QED) is 0.597. The van der Waals surface area contributed by atoms with Gasteiger partial charge in [0.25, 0.3) is 0 Å². The van der Waals surface area contributed by atoms with Gasteiger partial charge in [-0.05, 0) is 31.6 Å². The maximum atomic E-state index is 10.5. The zero-order chi connectivity index (χ0) is 14.0. The second-order valence-corrected chi connectivity index (χ2v) is 4.88. The Balaban J connectivity index is 4.07. The topological polar surface area (TPSA) is 98.4 Å². The van der Waals surface area contributed by atoms with Crippen LogP contribution in [-0.2, 0) is 9.59 Å². The molecule has 18 heavy (non-hydrogen) atoms. The van der Waals surface area contributed by atoms with E-state index >= 15 is 0 Å². The van der Waals surface area contributed by atoms with Crippen molar-refractivity contribution in [2.24, 2.45) is 5.92 Å². The highest BCUT2D eigenvalue weighted by Gasteiger charge is 2.15. The standard InChI is InChI=1S/C12H18ClNO4/c13-10(7-8-14)4-1-9(2-5-11(15)16)3-6-12(17)18/h9-10H,1-7H2,(H,15,16)(H,17,18). The van der Waals surface area contributed by atoms with Crippen LogP contribution in [0.2, 0.25) is 0 Å². The molecule has 0 fully saturated rings. The van der Waals surface area contributed by atoms with E-state index in [0.29, 0.717) is 25.7 Å². The van der Waals surface area contributed by atoms with E-state index in [1.165, 1.54) is 0 Å². The molecule has 0 saturated carbocycles. The lowest BCUT2D eigenvalue weighted by Gasteiger charge is -2.16. The molecule has 0 radical (unpaired) electrons. The second-order valence-electron chi connectivity index (χ2n) is 4.27. The van der Waals surface area contributed by atoms with Crippen LogP contribution in [0.5, 0.6) is 0 Å². The Labute approximate surface area is 111 Å². The molecule has 0 aromatic heterocycles. The summed E-state index contributed by atoms with van der Waals surface area (Å²) in [6.45, 7) is 0. The molecule has 0 spiro atoms. The molecule has 0 aromatic carbocycles. The number of alkyl halides is 1. The molecular weight excluding hydrogens is 258 g/mol. The molecular formula is C12H18ClNO4. The molecule has 2 N–H and O–H groups in total. The summed E-state index contributed by atoms with van der Waals surface area (Å²) in [5.41, 5.74) is 0. The van der Waals surface area contributed by atoms with E-state index in [4.69, 9.17) is 27.1 Å². The first-order valence-corrected chi connectivity index (χ1v) is 6.34. The van der Waals surface area contributed by atoms with Crippen LogP contribution < -0.4 is 0 Å². The zero-order valence-electron chi connectivity index (χ0n) is 10.1. The monoisotopic (exact) mass is 275 g/mol. The average Bonchev–Trinajstić information content (AvgIpc) is 2.27. The number of aliphatic carboxylic acids is 2. The Hall–Kier alpha value is -1.28. The van der Waals surface area contributed by atoms with E-state index in [1.54, 1.807) is 0 Å². The number of hydrogen-bond acceptors (Lipinski definition) is 3. The minimum absolute atomic E-state index is 0.0372. The predicted octanol–water partition coefficient (Wildman–Crippen LogP) is 2.63. The van der Waals surface area contributed by atoms with E-state index in [0.717, 1.165) is 0 Å². The van der Waals surface area contributed by atoms with Crippen LogP contribution in [0, 0.1) is 17.2 Å². The van der Waals surface area contributed by atoms with E-state index in [2.05, 4.69) is 0 Å². The fraction of sp³-hybridized carbons (Fsp3) is 0.750. The summed E-state index contributed by atoms with van der Waals surface area (Å²) in [5.74, 6) is -1.72. The molecule has 0 amide bonds. The lowest BCUT2D eigenvalue weighted by Crippen LogP contribution is -2.10. The molecule has 0 heterocycles.